The van der Waals surface area contributed by atoms with Crippen LogP contribution in [0, 0.1) is 0 Å². The fraction of sp³-hybridized carbons (Fsp3) is 0. The Morgan fingerprint density at radius 2 is 0.383 bits per heavy atom. The van der Waals surface area contributed by atoms with Crippen molar-refractivity contribution in [3.05, 3.63) is 400 Å². The van der Waals surface area contributed by atoms with E-state index in [9.17, 15) is 0 Å². The lowest BCUT2D eigenvalue weighted by atomic mass is 9.92. The van der Waals surface area contributed by atoms with E-state index in [2.05, 4.69) is 419 Å². The summed E-state index contributed by atoms with van der Waals surface area (Å²) in [6.45, 7) is 0. The molecule has 0 bridgehead atoms. The van der Waals surface area contributed by atoms with Crippen molar-refractivity contribution in [2.45, 2.75) is 0 Å². The first kappa shape index (κ1) is 69.2. The Kier molecular flexibility index (Phi) is 14.1. The molecule has 0 fully saturated rings. The largest absolute Gasteiger partial charge is 0.309 e. The fourth-order valence-corrected chi connectivity index (χ4v) is 22.1. The molecule has 6 aromatic heterocycles. The number of hydrogen-bond donors (Lipinski definition) is 0. The fourth-order valence-electron chi connectivity index (χ4n) is 22.1. The highest BCUT2D eigenvalue weighted by Crippen LogP contribution is 2.49. The summed E-state index contributed by atoms with van der Waals surface area (Å²) >= 11 is 0. The zero-order valence-electron chi connectivity index (χ0n) is 68.6. The van der Waals surface area contributed by atoms with Crippen molar-refractivity contribution in [3.63, 3.8) is 0 Å². The summed E-state index contributed by atoms with van der Waals surface area (Å²) < 4.78 is 9.34. The van der Waals surface area contributed by atoms with Crippen molar-refractivity contribution in [1.82, 2.24) is 48.2 Å². The highest BCUT2D eigenvalue weighted by atomic mass is 15.2. The summed E-state index contributed by atoms with van der Waals surface area (Å²) in [4.78, 5) is 32.9. The quantitative estimate of drug-likeness (QED) is 0.141. The lowest BCUT2D eigenvalue weighted by Crippen LogP contribution is -2.07. The number of rotatable bonds is 8. The Hall–Kier alpha value is -17.3. The standard InChI is InChI=1S/2C59H33N5/c1-2-14-44(15-3-1)63-49-19-7-5-17-47(49)55-50(63)29-28-46-45-16-4-6-18-48(45)64(56(46)55)59-61-57(42-30-38-24-20-34-10-8-11-35-21-25-39(31-42)53(38)51(34)35)60-58(62-59)43-32-40-26-22-36-12-9-13-37-23-27-41(33-43)54(40)52(36)37;1-2-14-44(15-3-1)63-48-18-6-4-16-45(48)46-28-29-50-55(56(46)63)47-17-5-7-19-49(47)64(50)59-61-57(42-30-38-24-20-34-10-8-11-35-21-25-39(31-42)53(38)51(34)35)60-58(62-59)43-32-40-26-22-36-12-9-13-37-23-27-41(33-43)54(40)52(36)37/h2*1-33H. The number of nitrogens with zero attached hydrogens (tertiary/aromatic N) is 10. The van der Waals surface area contributed by atoms with E-state index < -0.39 is 0 Å². The molecule has 24 aromatic carbocycles. The molecular formula is C118H66N10. The van der Waals surface area contributed by atoms with Crippen LogP contribution in [0.25, 0.3) is 285 Å². The van der Waals surface area contributed by atoms with Crippen molar-refractivity contribution in [2.75, 3.05) is 0 Å². The maximum absolute atomic E-state index is 5.53. The van der Waals surface area contributed by atoms with Crippen molar-refractivity contribution in [2.24, 2.45) is 0 Å². The molecule has 128 heavy (non-hydrogen) atoms. The molecule has 30 aromatic rings. The topological polar surface area (TPSA) is 97.1 Å². The van der Waals surface area contributed by atoms with E-state index >= 15 is 0 Å². The Labute approximate surface area is 728 Å². The van der Waals surface area contributed by atoms with Crippen LogP contribution in [0.3, 0.4) is 0 Å². The molecule has 30 rings (SSSR count). The third-order valence-corrected chi connectivity index (χ3v) is 27.5. The van der Waals surface area contributed by atoms with E-state index in [0.29, 0.717) is 35.2 Å². The number of fused-ring (bicyclic) bond motifs is 14. The maximum atomic E-state index is 5.53. The van der Waals surface area contributed by atoms with Gasteiger partial charge in [0.05, 0.1) is 44.1 Å². The van der Waals surface area contributed by atoms with Gasteiger partial charge in [0.2, 0.25) is 11.9 Å². The van der Waals surface area contributed by atoms with E-state index in [0.717, 1.165) is 142 Å². The van der Waals surface area contributed by atoms with Gasteiger partial charge in [0.25, 0.3) is 0 Å². The van der Waals surface area contributed by atoms with Crippen LogP contribution in [0.2, 0.25) is 0 Å². The van der Waals surface area contributed by atoms with Crippen LogP contribution in [-0.4, -0.2) is 48.2 Å². The Morgan fingerprint density at radius 1 is 0.141 bits per heavy atom. The normalized spacial score (nSPS) is 12.4. The third-order valence-electron chi connectivity index (χ3n) is 27.5. The summed E-state index contributed by atoms with van der Waals surface area (Å²) in [6.07, 6.45) is 0. The number of hydrogen-bond acceptors (Lipinski definition) is 6. The maximum Gasteiger partial charge on any atom is 0.238 e. The molecule has 0 saturated heterocycles. The molecule has 0 saturated carbocycles. The average molecular weight is 1620 g/mol. The van der Waals surface area contributed by atoms with Crippen LogP contribution >= 0.6 is 0 Å². The Balaban J connectivity index is 0.000000127. The molecule has 0 radical (unpaired) electrons. The molecule has 10 nitrogen and oxygen atoms in total. The molecule has 0 aliphatic heterocycles. The van der Waals surface area contributed by atoms with Gasteiger partial charge in [-0.2, -0.15) is 19.9 Å². The lowest BCUT2D eigenvalue weighted by molar-refractivity contribution is 0.954. The van der Waals surface area contributed by atoms with Gasteiger partial charge in [-0.3, -0.25) is 9.13 Å². The lowest BCUT2D eigenvalue weighted by Gasteiger charge is -2.15. The van der Waals surface area contributed by atoms with Gasteiger partial charge in [0.15, 0.2) is 23.3 Å². The summed E-state index contributed by atoms with van der Waals surface area (Å²) in [5, 5.41) is 38.8. The molecule has 0 aliphatic rings. The zero-order valence-corrected chi connectivity index (χ0v) is 68.6. The second-order valence-corrected chi connectivity index (χ2v) is 34.4. The molecule has 588 valence electrons. The second-order valence-electron chi connectivity index (χ2n) is 34.4. The summed E-state index contributed by atoms with van der Waals surface area (Å²) in [5.74, 6) is 3.65. The zero-order chi connectivity index (χ0) is 83.2. The predicted molar refractivity (Wildman–Crippen MR) is 534 cm³/mol. The third kappa shape index (κ3) is 9.90. The molecule has 0 atom stereocenters. The minimum Gasteiger partial charge on any atom is -0.309 e. The van der Waals surface area contributed by atoms with Crippen LogP contribution in [0.15, 0.2) is 400 Å². The minimum atomic E-state index is 0.572. The molecule has 0 spiro atoms. The first-order chi connectivity index (χ1) is 63.4. The van der Waals surface area contributed by atoms with E-state index in [-0.39, 0.29) is 0 Å². The van der Waals surface area contributed by atoms with Crippen LogP contribution < -0.4 is 0 Å². The molecule has 6 heterocycles. The van der Waals surface area contributed by atoms with E-state index in [1.165, 1.54) is 108 Å². The van der Waals surface area contributed by atoms with Crippen LogP contribution in [0.1, 0.15) is 0 Å². The highest BCUT2D eigenvalue weighted by molar-refractivity contribution is 6.31. The van der Waals surface area contributed by atoms with E-state index in [1.807, 2.05) is 0 Å². The SMILES string of the molecule is c1ccc(-n2c3ccccc3c3c2ccc2c4ccccc4n(-c4nc(-c5cc6ccc7cccc8ccc(c5)c6c78)nc(-c5cc6ccc7cccc8ccc(c5)c6c78)n4)c23)cc1.c1ccc(-n2c3ccccc3c3ccc4c(c5ccccc5n4-c4nc(-c5cc6ccc7cccc8ccc(c5)c6c78)nc(-c5cc6ccc7cccc8ccc(c5)c6c78)n4)c32)cc1. The molecule has 0 unspecified atom stereocenters. The number of para-hydroxylation sites is 6. The van der Waals surface area contributed by atoms with Crippen LogP contribution in [0.4, 0.5) is 0 Å². The van der Waals surface area contributed by atoms with E-state index in [4.69, 9.17) is 29.9 Å². The van der Waals surface area contributed by atoms with Gasteiger partial charge in [0.1, 0.15) is 0 Å². The predicted octanol–water partition coefficient (Wildman–Crippen LogP) is 30.4. The van der Waals surface area contributed by atoms with Gasteiger partial charge in [-0.15, -0.1) is 0 Å². The van der Waals surface area contributed by atoms with Gasteiger partial charge >= 0.3 is 0 Å². The molecule has 10 heteroatoms. The molecule has 0 aliphatic carbocycles. The van der Waals surface area contributed by atoms with Crippen molar-refractivity contribution >= 4 is 216 Å². The van der Waals surface area contributed by atoms with Gasteiger partial charge in [-0.1, -0.05) is 291 Å². The molecule has 0 amide bonds. The van der Waals surface area contributed by atoms with Crippen molar-refractivity contribution in [3.8, 4) is 68.8 Å². The van der Waals surface area contributed by atoms with Crippen LogP contribution in [-0.2, 0) is 0 Å². The minimum absolute atomic E-state index is 0.572. The van der Waals surface area contributed by atoms with Crippen molar-refractivity contribution < 1.29 is 0 Å². The first-order valence-corrected chi connectivity index (χ1v) is 43.7. The summed E-state index contributed by atoms with van der Waals surface area (Å²) in [5.41, 5.74) is 14.8. The highest BCUT2D eigenvalue weighted by Gasteiger charge is 2.28. The Morgan fingerprint density at radius 3 is 0.719 bits per heavy atom. The van der Waals surface area contributed by atoms with Crippen molar-refractivity contribution in [1.29, 1.82) is 0 Å². The summed E-state index contributed by atoms with van der Waals surface area (Å²) in [7, 11) is 0. The average Bonchev–Trinajstić information content (AvgIpc) is 1.54. The number of benzene rings is 24. The Bertz CT molecular complexity index is 9410. The van der Waals surface area contributed by atoms with Gasteiger partial charge in [-0.05, 0) is 238 Å². The first-order valence-electron chi connectivity index (χ1n) is 43.7. The number of aromatic nitrogens is 10. The van der Waals surface area contributed by atoms with Crippen LogP contribution in [0.5, 0.6) is 0 Å². The van der Waals surface area contributed by atoms with Gasteiger partial charge < -0.3 is 9.13 Å². The monoisotopic (exact) mass is 1620 g/mol. The smallest absolute Gasteiger partial charge is 0.238 e. The second kappa shape index (κ2) is 26.1. The van der Waals surface area contributed by atoms with Gasteiger partial charge in [0, 0.05) is 76.7 Å². The molecular weight excluding hydrogens is 1560 g/mol. The van der Waals surface area contributed by atoms with E-state index in [1.54, 1.807) is 0 Å². The molecule has 0 N–H and O–H groups in total. The van der Waals surface area contributed by atoms with Gasteiger partial charge in [-0.25, -0.2) is 9.97 Å². The summed E-state index contributed by atoms with van der Waals surface area (Å²) in [6, 6.07) is 145.